The highest BCUT2D eigenvalue weighted by Gasteiger charge is 2.49. The third kappa shape index (κ3) is 3.93. The van der Waals surface area contributed by atoms with Crippen LogP contribution in [0.1, 0.15) is 47.5 Å². The van der Waals surface area contributed by atoms with E-state index in [-0.39, 0.29) is 17.4 Å². The molecule has 3 unspecified atom stereocenters. The number of carbonyl (C=O) groups excluding carboxylic acids is 1. The van der Waals surface area contributed by atoms with Crippen LogP contribution in [0, 0.1) is 11.3 Å². The number of rotatable bonds is 7. The third-order valence-electron chi connectivity index (χ3n) is 4.22. The average Bonchev–Trinajstić information content (AvgIpc) is 2.34. The summed E-state index contributed by atoms with van der Waals surface area (Å²) in [6.45, 7) is 11.5. The predicted molar refractivity (Wildman–Crippen MR) is 78.0 cm³/mol. The van der Waals surface area contributed by atoms with Crippen molar-refractivity contribution < 1.29 is 9.53 Å². The van der Waals surface area contributed by atoms with Crippen LogP contribution >= 0.6 is 0 Å². The fourth-order valence-electron chi connectivity index (χ4n) is 2.79. The van der Waals surface area contributed by atoms with Crippen molar-refractivity contribution in [1.82, 2.24) is 10.6 Å². The number of ether oxygens (including phenoxy) is 1. The van der Waals surface area contributed by atoms with Gasteiger partial charge in [0, 0.05) is 25.1 Å². The molecule has 1 aliphatic rings. The van der Waals surface area contributed by atoms with Crippen LogP contribution in [0.25, 0.3) is 0 Å². The lowest BCUT2D eigenvalue weighted by atomic mass is 9.64. The van der Waals surface area contributed by atoms with E-state index in [9.17, 15) is 4.79 Å². The first kappa shape index (κ1) is 16.4. The quantitative estimate of drug-likeness (QED) is 0.743. The molecular weight excluding hydrogens is 240 g/mol. The average molecular weight is 270 g/mol. The number of amides is 1. The van der Waals surface area contributed by atoms with Crippen LogP contribution in [-0.4, -0.2) is 37.7 Å². The van der Waals surface area contributed by atoms with Gasteiger partial charge in [0.2, 0.25) is 5.91 Å². The Balaban J connectivity index is 2.59. The van der Waals surface area contributed by atoms with Gasteiger partial charge in [-0.15, -0.1) is 0 Å². The van der Waals surface area contributed by atoms with Crippen LogP contribution in [0.15, 0.2) is 0 Å². The Morgan fingerprint density at radius 1 is 1.42 bits per heavy atom. The van der Waals surface area contributed by atoms with Crippen LogP contribution < -0.4 is 10.6 Å². The summed E-state index contributed by atoms with van der Waals surface area (Å²) in [6, 6.07) is 0.252. The molecule has 112 valence electrons. The SMILES string of the molecule is CCOC1CC(NC(CC(C)C)C(=O)NC)C1(C)C. The Bertz CT molecular complexity index is 303. The fraction of sp³-hybridized carbons (Fsp3) is 0.933. The summed E-state index contributed by atoms with van der Waals surface area (Å²) in [5, 5.41) is 6.28. The summed E-state index contributed by atoms with van der Waals surface area (Å²) in [7, 11) is 1.70. The minimum Gasteiger partial charge on any atom is -0.378 e. The molecule has 0 aliphatic heterocycles. The Labute approximate surface area is 117 Å². The Hall–Kier alpha value is -0.610. The molecule has 0 aromatic carbocycles. The summed E-state index contributed by atoms with van der Waals surface area (Å²) in [5.74, 6) is 0.588. The zero-order valence-corrected chi connectivity index (χ0v) is 13.2. The molecule has 0 heterocycles. The van der Waals surface area contributed by atoms with Crippen LogP contribution in [0.2, 0.25) is 0 Å². The van der Waals surface area contributed by atoms with E-state index in [0.717, 1.165) is 19.4 Å². The molecule has 0 aromatic rings. The number of hydrogen-bond donors (Lipinski definition) is 2. The molecule has 1 amide bonds. The minimum atomic E-state index is -0.100. The number of carbonyl (C=O) groups is 1. The normalized spacial score (nSPS) is 26.9. The summed E-state index contributed by atoms with van der Waals surface area (Å²) in [5.41, 5.74) is 0.0965. The summed E-state index contributed by atoms with van der Waals surface area (Å²) >= 11 is 0. The van der Waals surface area contributed by atoms with E-state index in [2.05, 4.69) is 38.3 Å². The van der Waals surface area contributed by atoms with Gasteiger partial charge in [-0.25, -0.2) is 0 Å². The lowest BCUT2D eigenvalue weighted by Gasteiger charge is -2.52. The highest BCUT2D eigenvalue weighted by Crippen LogP contribution is 2.43. The lowest BCUT2D eigenvalue weighted by molar-refractivity contribution is -0.131. The van der Waals surface area contributed by atoms with E-state index >= 15 is 0 Å². The maximum absolute atomic E-state index is 11.9. The minimum absolute atomic E-state index is 0.0874. The van der Waals surface area contributed by atoms with Crippen LogP contribution in [-0.2, 0) is 9.53 Å². The highest BCUT2D eigenvalue weighted by atomic mass is 16.5. The van der Waals surface area contributed by atoms with Crippen molar-refractivity contribution in [2.75, 3.05) is 13.7 Å². The van der Waals surface area contributed by atoms with Gasteiger partial charge in [0.05, 0.1) is 12.1 Å². The maximum atomic E-state index is 11.9. The van der Waals surface area contributed by atoms with Crippen molar-refractivity contribution in [3.63, 3.8) is 0 Å². The number of nitrogens with one attached hydrogen (secondary N) is 2. The Kier molecular flexibility index (Phi) is 5.81. The largest absolute Gasteiger partial charge is 0.378 e. The van der Waals surface area contributed by atoms with E-state index in [0.29, 0.717) is 18.1 Å². The number of hydrogen-bond acceptors (Lipinski definition) is 3. The van der Waals surface area contributed by atoms with Gasteiger partial charge in [0.15, 0.2) is 0 Å². The second kappa shape index (κ2) is 6.71. The second-order valence-corrected chi connectivity index (χ2v) is 6.52. The lowest BCUT2D eigenvalue weighted by Crippen LogP contribution is -2.64. The van der Waals surface area contributed by atoms with E-state index in [1.54, 1.807) is 7.05 Å². The summed E-state index contributed by atoms with van der Waals surface area (Å²) in [6.07, 6.45) is 2.16. The van der Waals surface area contributed by atoms with Gasteiger partial charge < -0.3 is 15.4 Å². The molecule has 19 heavy (non-hydrogen) atoms. The van der Waals surface area contributed by atoms with Crippen LogP contribution in [0.4, 0.5) is 0 Å². The van der Waals surface area contributed by atoms with E-state index in [4.69, 9.17) is 4.74 Å². The highest BCUT2D eigenvalue weighted by molar-refractivity contribution is 5.81. The van der Waals surface area contributed by atoms with Gasteiger partial charge in [-0.05, 0) is 25.7 Å². The van der Waals surface area contributed by atoms with Crippen molar-refractivity contribution in [2.45, 2.75) is 65.6 Å². The molecular formula is C15H30N2O2. The summed E-state index contributed by atoms with van der Waals surface area (Å²) in [4.78, 5) is 11.9. The van der Waals surface area contributed by atoms with Gasteiger partial charge >= 0.3 is 0 Å². The molecule has 0 aromatic heterocycles. The fourth-order valence-corrected chi connectivity index (χ4v) is 2.79. The molecule has 1 saturated carbocycles. The second-order valence-electron chi connectivity index (χ2n) is 6.52. The molecule has 3 atom stereocenters. The topological polar surface area (TPSA) is 50.4 Å². The van der Waals surface area contributed by atoms with Gasteiger partial charge in [0.1, 0.15) is 0 Å². The summed E-state index contributed by atoms with van der Waals surface area (Å²) < 4.78 is 5.73. The zero-order chi connectivity index (χ0) is 14.6. The molecule has 0 saturated heterocycles. The van der Waals surface area contributed by atoms with Crippen LogP contribution in [0.5, 0.6) is 0 Å². The molecule has 1 rings (SSSR count). The van der Waals surface area contributed by atoms with Crippen LogP contribution in [0.3, 0.4) is 0 Å². The molecule has 4 heteroatoms. The molecule has 1 aliphatic carbocycles. The number of likely N-dealkylation sites (N-methyl/N-ethyl adjacent to an activating group) is 1. The molecule has 0 spiro atoms. The van der Waals surface area contributed by atoms with Crippen molar-refractivity contribution >= 4 is 5.91 Å². The first-order valence-corrected chi connectivity index (χ1v) is 7.42. The first-order valence-electron chi connectivity index (χ1n) is 7.42. The van der Waals surface area contributed by atoms with Gasteiger partial charge in [-0.3, -0.25) is 4.79 Å². The van der Waals surface area contributed by atoms with Crippen molar-refractivity contribution in [3.8, 4) is 0 Å². The van der Waals surface area contributed by atoms with Gasteiger partial charge in [0.25, 0.3) is 0 Å². The standard InChI is InChI=1S/C15H30N2O2/c1-7-19-13-9-12(15(13,4)5)17-11(8-10(2)3)14(18)16-6/h10-13,17H,7-9H2,1-6H3,(H,16,18). The van der Waals surface area contributed by atoms with Gasteiger partial charge in [-0.2, -0.15) is 0 Å². The molecule has 0 radical (unpaired) electrons. The molecule has 4 nitrogen and oxygen atoms in total. The smallest absolute Gasteiger partial charge is 0.236 e. The third-order valence-corrected chi connectivity index (χ3v) is 4.22. The first-order chi connectivity index (χ1) is 8.82. The Morgan fingerprint density at radius 3 is 2.47 bits per heavy atom. The van der Waals surface area contributed by atoms with Crippen molar-refractivity contribution in [2.24, 2.45) is 11.3 Å². The Morgan fingerprint density at radius 2 is 2.05 bits per heavy atom. The van der Waals surface area contributed by atoms with Gasteiger partial charge in [-0.1, -0.05) is 27.7 Å². The molecule has 0 bridgehead atoms. The molecule has 2 N–H and O–H groups in total. The van der Waals surface area contributed by atoms with Crippen molar-refractivity contribution in [3.05, 3.63) is 0 Å². The predicted octanol–water partition coefficient (Wildman–Crippen LogP) is 1.94. The zero-order valence-electron chi connectivity index (χ0n) is 13.2. The van der Waals surface area contributed by atoms with E-state index in [1.165, 1.54) is 0 Å². The van der Waals surface area contributed by atoms with E-state index < -0.39 is 0 Å². The van der Waals surface area contributed by atoms with E-state index in [1.807, 2.05) is 6.92 Å². The maximum Gasteiger partial charge on any atom is 0.236 e. The van der Waals surface area contributed by atoms with Crippen molar-refractivity contribution in [1.29, 1.82) is 0 Å². The monoisotopic (exact) mass is 270 g/mol. The molecule has 1 fully saturated rings.